The van der Waals surface area contributed by atoms with Gasteiger partial charge in [0.1, 0.15) is 0 Å². The van der Waals surface area contributed by atoms with Crippen LogP contribution in [0, 0.1) is 5.82 Å². The summed E-state index contributed by atoms with van der Waals surface area (Å²) in [6, 6.07) is 4.71. The summed E-state index contributed by atoms with van der Waals surface area (Å²) in [6.07, 6.45) is 3.05. The number of anilines is 3. The molecule has 0 radical (unpaired) electrons. The summed E-state index contributed by atoms with van der Waals surface area (Å²) in [5, 5.41) is 2.93. The molecule has 3 nitrogen and oxygen atoms in total. The fourth-order valence-electron chi connectivity index (χ4n) is 1.32. The highest BCUT2D eigenvalue weighted by atomic mass is 79.9. The minimum absolute atomic E-state index is 0.0544. The van der Waals surface area contributed by atoms with E-state index in [2.05, 4.69) is 26.2 Å². The monoisotopic (exact) mass is 315 g/mol. The predicted molar refractivity (Wildman–Crippen MR) is 71.0 cm³/mol. The van der Waals surface area contributed by atoms with Gasteiger partial charge in [0, 0.05) is 6.20 Å². The van der Waals surface area contributed by atoms with E-state index in [4.69, 9.17) is 17.3 Å². The second-order valence-electron chi connectivity index (χ2n) is 3.31. The molecule has 0 amide bonds. The quantitative estimate of drug-likeness (QED) is 0.881. The Bertz CT molecular complexity index is 542. The Morgan fingerprint density at radius 1 is 1.35 bits per heavy atom. The molecule has 0 aliphatic heterocycles. The molecule has 1 aromatic carbocycles. The SMILES string of the molecule is Nc1cncc(Br)c1Nc1cccc(Cl)c1F. The Labute approximate surface area is 111 Å². The Kier molecular flexibility index (Phi) is 3.49. The number of hydrogen-bond acceptors (Lipinski definition) is 3. The Balaban J connectivity index is 2.42. The predicted octanol–water partition coefficient (Wildman–Crippen LogP) is 3.96. The van der Waals surface area contributed by atoms with Gasteiger partial charge in [-0.25, -0.2) is 4.39 Å². The molecular formula is C11H8BrClFN3. The van der Waals surface area contributed by atoms with E-state index in [1.165, 1.54) is 12.3 Å². The van der Waals surface area contributed by atoms with Crippen LogP contribution >= 0.6 is 27.5 Å². The van der Waals surface area contributed by atoms with Crippen molar-refractivity contribution < 1.29 is 4.39 Å². The van der Waals surface area contributed by atoms with Crippen molar-refractivity contribution in [1.29, 1.82) is 0 Å². The third-order valence-electron chi connectivity index (χ3n) is 2.14. The Morgan fingerprint density at radius 3 is 2.82 bits per heavy atom. The van der Waals surface area contributed by atoms with E-state index in [0.29, 0.717) is 15.8 Å². The first-order chi connectivity index (χ1) is 8.09. The van der Waals surface area contributed by atoms with Crippen molar-refractivity contribution in [2.75, 3.05) is 11.1 Å². The molecule has 0 unspecified atom stereocenters. The largest absolute Gasteiger partial charge is 0.396 e. The number of nitrogens with zero attached hydrogens (tertiary/aromatic N) is 1. The van der Waals surface area contributed by atoms with Crippen molar-refractivity contribution in [3.8, 4) is 0 Å². The van der Waals surface area contributed by atoms with E-state index in [9.17, 15) is 4.39 Å². The van der Waals surface area contributed by atoms with Gasteiger partial charge in [-0.1, -0.05) is 17.7 Å². The molecule has 0 bridgehead atoms. The van der Waals surface area contributed by atoms with E-state index in [1.807, 2.05) is 0 Å². The average molecular weight is 317 g/mol. The summed E-state index contributed by atoms with van der Waals surface area (Å²) in [5.41, 5.74) is 6.98. The van der Waals surface area contributed by atoms with Crippen LogP contribution < -0.4 is 11.1 Å². The summed E-state index contributed by atoms with van der Waals surface area (Å²) in [7, 11) is 0. The lowest BCUT2D eigenvalue weighted by molar-refractivity contribution is 0.632. The fraction of sp³-hybridized carbons (Fsp3) is 0. The molecule has 6 heteroatoms. The highest BCUT2D eigenvalue weighted by Gasteiger charge is 2.10. The number of benzene rings is 1. The summed E-state index contributed by atoms with van der Waals surface area (Å²) >= 11 is 8.98. The third-order valence-corrected chi connectivity index (χ3v) is 3.03. The van der Waals surface area contributed by atoms with Crippen LogP contribution in [0.1, 0.15) is 0 Å². The van der Waals surface area contributed by atoms with Crippen molar-refractivity contribution in [2.24, 2.45) is 0 Å². The van der Waals surface area contributed by atoms with Gasteiger partial charge in [-0.2, -0.15) is 0 Å². The fourth-order valence-corrected chi connectivity index (χ4v) is 1.94. The van der Waals surface area contributed by atoms with Crippen molar-refractivity contribution in [3.05, 3.63) is 45.9 Å². The number of hydrogen-bond donors (Lipinski definition) is 2. The summed E-state index contributed by atoms with van der Waals surface area (Å²) in [4.78, 5) is 3.89. The van der Waals surface area contributed by atoms with Crippen LogP contribution in [0.3, 0.4) is 0 Å². The number of halogens is 3. The van der Waals surface area contributed by atoms with Crippen LogP contribution in [0.5, 0.6) is 0 Å². The van der Waals surface area contributed by atoms with Crippen LogP contribution in [0.2, 0.25) is 5.02 Å². The molecule has 0 atom stereocenters. The second-order valence-corrected chi connectivity index (χ2v) is 4.57. The van der Waals surface area contributed by atoms with E-state index < -0.39 is 5.82 Å². The van der Waals surface area contributed by atoms with Crippen molar-refractivity contribution in [3.63, 3.8) is 0 Å². The van der Waals surface area contributed by atoms with E-state index in [1.54, 1.807) is 18.3 Å². The molecule has 0 saturated heterocycles. The van der Waals surface area contributed by atoms with Crippen LogP contribution in [0.25, 0.3) is 0 Å². The molecule has 88 valence electrons. The normalized spacial score (nSPS) is 10.3. The highest BCUT2D eigenvalue weighted by molar-refractivity contribution is 9.10. The standard InChI is InChI=1S/C11H8BrClFN3/c12-6-4-16-5-8(15)11(6)17-9-3-1-2-7(13)10(9)14/h1-5H,15H2,(H,16,17). The summed E-state index contributed by atoms with van der Waals surface area (Å²) in [6.45, 7) is 0. The molecule has 0 aliphatic rings. The second kappa shape index (κ2) is 4.89. The first kappa shape index (κ1) is 12.1. The van der Waals surface area contributed by atoms with Crippen molar-refractivity contribution in [1.82, 2.24) is 4.98 Å². The van der Waals surface area contributed by atoms with Crippen LogP contribution in [0.4, 0.5) is 21.5 Å². The molecule has 3 N–H and O–H groups in total. The van der Waals surface area contributed by atoms with Gasteiger partial charge in [-0.3, -0.25) is 4.98 Å². The zero-order valence-corrected chi connectivity index (χ0v) is 10.9. The van der Waals surface area contributed by atoms with Gasteiger partial charge in [-0.15, -0.1) is 0 Å². The minimum Gasteiger partial charge on any atom is -0.396 e. The van der Waals surface area contributed by atoms with Gasteiger partial charge in [0.15, 0.2) is 5.82 Å². The van der Waals surface area contributed by atoms with Crippen molar-refractivity contribution >= 4 is 44.6 Å². The van der Waals surface area contributed by atoms with Crippen molar-refractivity contribution in [2.45, 2.75) is 0 Å². The molecule has 0 saturated carbocycles. The number of pyridine rings is 1. The maximum atomic E-state index is 13.7. The summed E-state index contributed by atoms with van der Waals surface area (Å²) in [5.74, 6) is -0.516. The molecule has 0 spiro atoms. The van der Waals surface area contributed by atoms with Gasteiger partial charge >= 0.3 is 0 Å². The van der Waals surface area contributed by atoms with E-state index in [-0.39, 0.29) is 10.7 Å². The number of aromatic nitrogens is 1. The third kappa shape index (κ3) is 2.50. The lowest BCUT2D eigenvalue weighted by Crippen LogP contribution is -2.00. The molecule has 2 aromatic rings. The molecule has 0 fully saturated rings. The van der Waals surface area contributed by atoms with Gasteiger partial charge in [0.2, 0.25) is 0 Å². The smallest absolute Gasteiger partial charge is 0.165 e. The molecule has 1 aromatic heterocycles. The van der Waals surface area contributed by atoms with E-state index in [0.717, 1.165) is 0 Å². The zero-order chi connectivity index (χ0) is 12.4. The highest BCUT2D eigenvalue weighted by Crippen LogP contribution is 2.32. The average Bonchev–Trinajstić information content (AvgIpc) is 2.29. The van der Waals surface area contributed by atoms with Crippen LogP contribution in [-0.4, -0.2) is 4.98 Å². The first-order valence-electron chi connectivity index (χ1n) is 4.69. The van der Waals surface area contributed by atoms with Gasteiger partial charge in [0.05, 0.1) is 32.8 Å². The lowest BCUT2D eigenvalue weighted by atomic mass is 10.2. The van der Waals surface area contributed by atoms with Gasteiger partial charge in [0.25, 0.3) is 0 Å². The topological polar surface area (TPSA) is 50.9 Å². The number of nitrogen functional groups attached to an aromatic ring is 1. The number of nitrogens with two attached hydrogens (primary N) is 1. The maximum Gasteiger partial charge on any atom is 0.165 e. The van der Waals surface area contributed by atoms with Gasteiger partial charge in [-0.05, 0) is 28.1 Å². The maximum absolute atomic E-state index is 13.7. The molecule has 2 rings (SSSR count). The van der Waals surface area contributed by atoms with Gasteiger partial charge < -0.3 is 11.1 Å². The summed E-state index contributed by atoms with van der Waals surface area (Å²) < 4.78 is 14.3. The molecule has 1 heterocycles. The number of rotatable bonds is 2. The Morgan fingerprint density at radius 2 is 2.12 bits per heavy atom. The first-order valence-corrected chi connectivity index (χ1v) is 5.86. The lowest BCUT2D eigenvalue weighted by Gasteiger charge is -2.11. The number of nitrogens with one attached hydrogen (secondary N) is 1. The van der Waals surface area contributed by atoms with Crippen LogP contribution in [0.15, 0.2) is 35.1 Å². The molecular weight excluding hydrogens is 308 g/mol. The molecule has 17 heavy (non-hydrogen) atoms. The molecule has 0 aliphatic carbocycles. The minimum atomic E-state index is -0.516. The zero-order valence-electron chi connectivity index (χ0n) is 8.55. The van der Waals surface area contributed by atoms with Crippen LogP contribution in [-0.2, 0) is 0 Å². The van der Waals surface area contributed by atoms with E-state index >= 15 is 0 Å². The Hall–Kier alpha value is -1.33.